The van der Waals surface area contributed by atoms with Crippen molar-refractivity contribution in [3.05, 3.63) is 0 Å². The van der Waals surface area contributed by atoms with E-state index in [0.29, 0.717) is 30.8 Å². The predicted octanol–water partition coefficient (Wildman–Crippen LogP) is 1.36. The highest BCUT2D eigenvalue weighted by atomic mass is 32.2. The van der Waals surface area contributed by atoms with Crippen molar-refractivity contribution in [1.82, 2.24) is 0 Å². The first kappa shape index (κ1) is 13.0. The molecule has 88 valence electrons. The third-order valence-electron chi connectivity index (χ3n) is 2.76. The van der Waals surface area contributed by atoms with Crippen LogP contribution in [-0.4, -0.2) is 29.8 Å². The molecule has 0 saturated carbocycles. The van der Waals surface area contributed by atoms with Crippen molar-refractivity contribution < 1.29 is 13.2 Å². The highest BCUT2D eigenvalue weighted by Crippen LogP contribution is 2.31. The average Bonchev–Trinajstić information content (AvgIpc) is 2.19. The molecule has 0 radical (unpaired) electrons. The lowest BCUT2D eigenvalue weighted by molar-refractivity contribution is -0.119. The Kier molecular flexibility index (Phi) is 4.64. The molecule has 3 nitrogen and oxygen atoms in total. The third kappa shape index (κ3) is 2.23. The molecule has 0 aromatic rings. The van der Waals surface area contributed by atoms with Gasteiger partial charge in [-0.15, -0.1) is 0 Å². The molecule has 1 rings (SSSR count). The minimum atomic E-state index is -1.25. The SMILES string of the molecule is CCCC(=O)C1(CC)[S@](=O)CCC[S@]1=O. The summed E-state index contributed by atoms with van der Waals surface area (Å²) in [5.41, 5.74) is 0. The number of ketones is 1. The molecule has 0 amide bonds. The minimum Gasteiger partial charge on any atom is -0.297 e. The molecule has 0 spiro atoms. The smallest absolute Gasteiger partial charge is 0.178 e. The van der Waals surface area contributed by atoms with E-state index < -0.39 is 25.7 Å². The van der Waals surface area contributed by atoms with E-state index in [9.17, 15) is 13.2 Å². The van der Waals surface area contributed by atoms with Crippen molar-refractivity contribution in [2.24, 2.45) is 0 Å². The van der Waals surface area contributed by atoms with Crippen molar-refractivity contribution in [3.8, 4) is 0 Å². The van der Waals surface area contributed by atoms with E-state index in [1.54, 1.807) is 0 Å². The van der Waals surface area contributed by atoms with Gasteiger partial charge >= 0.3 is 0 Å². The van der Waals surface area contributed by atoms with Gasteiger partial charge in [0.05, 0.1) is 0 Å². The summed E-state index contributed by atoms with van der Waals surface area (Å²) < 4.78 is 22.9. The van der Waals surface area contributed by atoms with E-state index in [1.165, 1.54) is 0 Å². The van der Waals surface area contributed by atoms with Crippen molar-refractivity contribution in [1.29, 1.82) is 0 Å². The van der Waals surface area contributed by atoms with Crippen LogP contribution in [0.5, 0.6) is 0 Å². The van der Waals surface area contributed by atoms with Crippen molar-refractivity contribution >= 4 is 27.4 Å². The minimum absolute atomic E-state index is 0.0659. The highest BCUT2D eigenvalue weighted by Gasteiger charge is 2.49. The summed E-state index contributed by atoms with van der Waals surface area (Å²) in [5.74, 6) is 0.980. The number of Topliss-reactive ketones (excluding diaryl/α,β-unsaturated/α-hetero) is 1. The Bertz CT molecular complexity index is 283. The normalized spacial score (nSPS) is 30.0. The summed E-state index contributed by atoms with van der Waals surface area (Å²) in [6.45, 7) is 3.73. The van der Waals surface area contributed by atoms with Crippen molar-refractivity contribution in [2.75, 3.05) is 11.5 Å². The zero-order valence-electron chi connectivity index (χ0n) is 9.28. The number of carbonyl (C=O) groups is 1. The van der Waals surface area contributed by atoms with E-state index in [1.807, 2.05) is 13.8 Å². The summed E-state index contributed by atoms with van der Waals surface area (Å²) in [6.07, 6.45) is 2.27. The first-order valence-electron chi connectivity index (χ1n) is 5.39. The van der Waals surface area contributed by atoms with Crippen LogP contribution in [0.3, 0.4) is 0 Å². The van der Waals surface area contributed by atoms with Gasteiger partial charge in [-0.2, -0.15) is 0 Å². The predicted molar refractivity (Wildman–Crippen MR) is 63.6 cm³/mol. The molecule has 1 fully saturated rings. The molecule has 1 aliphatic heterocycles. The van der Waals surface area contributed by atoms with Gasteiger partial charge in [-0.25, -0.2) is 0 Å². The van der Waals surface area contributed by atoms with Crippen LogP contribution in [0.25, 0.3) is 0 Å². The first-order valence-corrected chi connectivity index (χ1v) is 8.03. The molecule has 0 unspecified atom stereocenters. The van der Waals surface area contributed by atoms with Crippen LogP contribution in [0.1, 0.15) is 39.5 Å². The summed E-state index contributed by atoms with van der Waals surface area (Å²) in [5, 5.41) is 0. The van der Waals surface area contributed by atoms with E-state index in [0.717, 1.165) is 6.42 Å². The molecule has 15 heavy (non-hydrogen) atoms. The van der Waals surface area contributed by atoms with Gasteiger partial charge in [0.25, 0.3) is 0 Å². The molecule has 0 aromatic carbocycles. The van der Waals surface area contributed by atoms with Crippen LogP contribution < -0.4 is 0 Å². The molecule has 1 aliphatic rings. The fourth-order valence-electron chi connectivity index (χ4n) is 1.95. The van der Waals surface area contributed by atoms with Gasteiger partial charge in [0, 0.05) is 39.5 Å². The zero-order chi connectivity index (χ0) is 11.5. The molecule has 0 aromatic heterocycles. The van der Waals surface area contributed by atoms with Crippen molar-refractivity contribution in [2.45, 2.75) is 43.6 Å². The third-order valence-corrected chi connectivity index (χ3v) is 7.70. The second-order valence-corrected chi connectivity index (χ2v) is 7.58. The number of carbonyl (C=O) groups excluding carboxylic acids is 1. The van der Waals surface area contributed by atoms with E-state index >= 15 is 0 Å². The lowest BCUT2D eigenvalue weighted by Gasteiger charge is -2.32. The summed E-state index contributed by atoms with van der Waals surface area (Å²) in [4.78, 5) is 12.0. The lowest BCUT2D eigenvalue weighted by Crippen LogP contribution is -2.51. The largest absolute Gasteiger partial charge is 0.297 e. The van der Waals surface area contributed by atoms with E-state index in [4.69, 9.17) is 0 Å². The molecule has 5 heteroatoms. The summed E-state index contributed by atoms with van der Waals surface area (Å²) in [6, 6.07) is 0. The van der Waals surface area contributed by atoms with Gasteiger partial charge in [-0.05, 0) is 19.3 Å². The van der Waals surface area contributed by atoms with Gasteiger partial charge in [0.2, 0.25) is 0 Å². The molecule has 1 saturated heterocycles. The van der Waals surface area contributed by atoms with Gasteiger partial charge in [-0.1, -0.05) is 13.8 Å². The quantitative estimate of drug-likeness (QED) is 0.757. The fraction of sp³-hybridized carbons (Fsp3) is 0.900. The standard InChI is InChI=1S/C10H18O3S2/c1-3-6-9(11)10(4-2)14(12)7-5-8-15(10)13/h3-8H2,1-2H3/t14-,15-/m1/s1. The van der Waals surface area contributed by atoms with E-state index in [-0.39, 0.29) is 5.78 Å². The maximum atomic E-state index is 12.0. The topological polar surface area (TPSA) is 51.2 Å². The fourth-order valence-corrected chi connectivity index (χ4v) is 6.29. The maximum Gasteiger partial charge on any atom is 0.178 e. The Labute approximate surface area is 95.9 Å². The Morgan fingerprint density at radius 3 is 2.13 bits per heavy atom. The molecular formula is C10H18O3S2. The molecular weight excluding hydrogens is 232 g/mol. The second kappa shape index (κ2) is 5.34. The number of rotatable bonds is 4. The first-order chi connectivity index (χ1) is 7.09. The molecule has 2 atom stereocenters. The number of hydrogen-bond donors (Lipinski definition) is 0. The van der Waals surface area contributed by atoms with Gasteiger partial charge in [0.15, 0.2) is 9.86 Å². The molecule has 0 N–H and O–H groups in total. The van der Waals surface area contributed by atoms with Crippen molar-refractivity contribution in [3.63, 3.8) is 0 Å². The van der Waals surface area contributed by atoms with Crippen LogP contribution in [0, 0.1) is 0 Å². The van der Waals surface area contributed by atoms with Crippen LogP contribution in [-0.2, 0) is 26.4 Å². The highest BCUT2D eigenvalue weighted by molar-refractivity contribution is 8.06. The van der Waals surface area contributed by atoms with E-state index in [2.05, 4.69) is 0 Å². The summed E-state index contributed by atoms with van der Waals surface area (Å²) in [7, 11) is -2.50. The zero-order valence-corrected chi connectivity index (χ0v) is 10.9. The molecule has 0 aliphatic carbocycles. The van der Waals surface area contributed by atoms with Gasteiger partial charge in [-0.3, -0.25) is 13.2 Å². The lowest BCUT2D eigenvalue weighted by atomic mass is 10.1. The monoisotopic (exact) mass is 250 g/mol. The molecule has 0 bridgehead atoms. The maximum absolute atomic E-state index is 12.0. The van der Waals surface area contributed by atoms with Crippen LogP contribution in [0.4, 0.5) is 0 Å². The Balaban J connectivity index is 3.03. The van der Waals surface area contributed by atoms with Crippen LogP contribution in [0.2, 0.25) is 0 Å². The Hall–Kier alpha value is -0.0300. The Morgan fingerprint density at radius 1 is 1.20 bits per heavy atom. The second-order valence-electron chi connectivity index (χ2n) is 3.73. The van der Waals surface area contributed by atoms with Crippen LogP contribution >= 0.6 is 0 Å². The van der Waals surface area contributed by atoms with Crippen LogP contribution in [0.15, 0.2) is 0 Å². The van der Waals surface area contributed by atoms with Gasteiger partial charge < -0.3 is 0 Å². The number of hydrogen-bond acceptors (Lipinski definition) is 3. The Morgan fingerprint density at radius 2 is 1.73 bits per heavy atom. The molecule has 1 heterocycles. The summed E-state index contributed by atoms with van der Waals surface area (Å²) >= 11 is 0. The van der Waals surface area contributed by atoms with Gasteiger partial charge in [0.1, 0.15) is 0 Å². The average molecular weight is 250 g/mol.